The minimum absolute atomic E-state index is 0.0347. The van der Waals surface area contributed by atoms with E-state index < -0.39 is 76.2 Å². The van der Waals surface area contributed by atoms with E-state index in [1.54, 1.807) is 34.3 Å². The number of rotatable bonds is 13. The molecule has 0 radical (unpaired) electrons. The van der Waals surface area contributed by atoms with Gasteiger partial charge in [-0.25, -0.2) is 4.79 Å². The summed E-state index contributed by atoms with van der Waals surface area (Å²) < 4.78 is 56.5. The lowest BCUT2D eigenvalue weighted by Crippen LogP contribution is -2.78. The lowest BCUT2D eigenvalue weighted by molar-refractivity contribution is -0.315. The van der Waals surface area contributed by atoms with Crippen molar-refractivity contribution in [1.29, 1.82) is 0 Å². The van der Waals surface area contributed by atoms with Crippen LogP contribution in [0.3, 0.4) is 0 Å². The summed E-state index contributed by atoms with van der Waals surface area (Å²) in [5.74, 6) is -1.67. The van der Waals surface area contributed by atoms with Gasteiger partial charge in [0.15, 0.2) is 18.4 Å². The predicted octanol–water partition coefficient (Wildman–Crippen LogP) is 5.36. The first-order chi connectivity index (χ1) is 31.7. The number of Topliss-reactive ketones (excluding diaryl/α,β-unsaturated/α-hetero) is 1. The zero-order valence-corrected chi connectivity index (χ0v) is 40.8. The average Bonchev–Trinajstić information content (AvgIpc) is 3.53. The van der Waals surface area contributed by atoms with Crippen LogP contribution in [0, 0.1) is 22.7 Å². The SMILES string of the molecule is COC1CC(OC2C(C)CC(OC3C(C)OC(OC4CC[C@@]5(C)C(=CC[C@]6(O)C5C[C@@H](OC(=O)C=Cc5ccccc5)[C@@]5(C)[C@]6(O)CC[C@@]5(O)C(C)=O)C4)CC3OC)CC2OC)OC(C)C1O. The molecule has 1 aromatic carbocycles. The monoisotopic (exact) mass is 941 g/mol. The van der Waals surface area contributed by atoms with Gasteiger partial charge in [-0.05, 0) is 102 Å². The van der Waals surface area contributed by atoms with E-state index >= 15 is 0 Å². The fourth-order valence-corrected chi connectivity index (χ4v) is 13.8. The molecule has 0 spiro atoms. The van der Waals surface area contributed by atoms with Crippen LogP contribution in [0.15, 0.2) is 48.1 Å². The molecule has 8 rings (SSSR count). The summed E-state index contributed by atoms with van der Waals surface area (Å²) in [5.41, 5.74) is -6.10. The van der Waals surface area contributed by atoms with Gasteiger partial charge < -0.3 is 63.1 Å². The maximum Gasteiger partial charge on any atom is 0.331 e. The molecule has 4 saturated carbocycles. The Balaban J connectivity index is 0.922. The maximum absolute atomic E-state index is 13.6. The number of ketones is 1. The van der Waals surface area contributed by atoms with Gasteiger partial charge >= 0.3 is 5.97 Å². The minimum atomic E-state index is -2.03. The second kappa shape index (κ2) is 19.5. The van der Waals surface area contributed by atoms with Gasteiger partial charge in [-0.2, -0.15) is 0 Å². The van der Waals surface area contributed by atoms with Crippen molar-refractivity contribution in [3.8, 4) is 0 Å². The molecule has 1 aromatic rings. The van der Waals surface area contributed by atoms with Crippen LogP contribution in [0.2, 0.25) is 0 Å². The van der Waals surface area contributed by atoms with Crippen molar-refractivity contribution in [1.82, 2.24) is 0 Å². The van der Waals surface area contributed by atoms with Crippen molar-refractivity contribution in [3.05, 3.63) is 53.6 Å². The lowest BCUT2D eigenvalue weighted by Gasteiger charge is -2.67. The second-order valence-electron chi connectivity index (χ2n) is 21.3. The number of methoxy groups -OCH3 is 3. The molecule has 4 N–H and O–H groups in total. The third-order valence-electron chi connectivity index (χ3n) is 17.8. The Hall–Kier alpha value is -2.64. The molecule has 20 atom stereocenters. The second-order valence-corrected chi connectivity index (χ2v) is 21.3. The molecule has 14 unspecified atom stereocenters. The van der Waals surface area contributed by atoms with Gasteiger partial charge in [0.1, 0.15) is 35.1 Å². The summed E-state index contributed by atoms with van der Waals surface area (Å²) in [7, 11) is 4.96. The average molecular weight is 941 g/mol. The number of aliphatic hydroxyl groups excluding tert-OH is 1. The summed E-state index contributed by atoms with van der Waals surface area (Å²) in [4.78, 5) is 26.9. The van der Waals surface area contributed by atoms with Crippen LogP contribution in [0.4, 0.5) is 0 Å². The largest absolute Gasteiger partial charge is 0.458 e. The van der Waals surface area contributed by atoms with E-state index in [0.29, 0.717) is 38.5 Å². The van der Waals surface area contributed by atoms with Gasteiger partial charge in [0.2, 0.25) is 0 Å². The van der Waals surface area contributed by atoms with Gasteiger partial charge in [0.25, 0.3) is 0 Å². The molecular weight excluding hydrogens is 865 g/mol. The molecule has 0 aromatic heterocycles. The Labute approximate surface area is 395 Å². The number of ether oxygens (including phenoxy) is 9. The summed E-state index contributed by atoms with van der Waals surface area (Å²) in [5, 5.41) is 48.5. The van der Waals surface area contributed by atoms with Crippen LogP contribution in [-0.2, 0) is 52.2 Å². The standard InChI is InChI=1S/C52H76O15/c1-29-23-36(25-38(60-8)46(29)67-44-26-37(59-7)45(55)30(2)62-44)65-47-31(3)63-43(27-39(47)61-9)64-35-18-19-48(5)34(24-35)17-20-51(57)40(48)28-41(66-42(54)16-15-33-13-11-10-12-14-33)49(6)50(56,32(4)53)21-22-52(49,51)58/h10-17,29-31,35-41,43-47,55-58H,18-28H2,1-9H3/t29?,30?,31?,35?,36?,37?,38?,39?,40?,41-,43?,44?,45?,46?,47?,48+,49-,50-,51+,52-/m1/s1. The fourth-order valence-electron chi connectivity index (χ4n) is 13.8. The van der Waals surface area contributed by atoms with Crippen LogP contribution in [0.5, 0.6) is 0 Å². The molecular formula is C52H76O15. The van der Waals surface area contributed by atoms with E-state index in [1.807, 2.05) is 50.3 Å². The number of carbonyl (C=O) groups is 2. The molecule has 15 nitrogen and oxygen atoms in total. The van der Waals surface area contributed by atoms with E-state index in [2.05, 4.69) is 13.8 Å². The van der Waals surface area contributed by atoms with E-state index in [4.69, 9.17) is 42.6 Å². The summed E-state index contributed by atoms with van der Waals surface area (Å²) in [6, 6.07) is 9.33. The summed E-state index contributed by atoms with van der Waals surface area (Å²) in [6.45, 7) is 10.9. The molecule has 67 heavy (non-hydrogen) atoms. The van der Waals surface area contributed by atoms with Gasteiger partial charge in [-0.15, -0.1) is 0 Å². The van der Waals surface area contributed by atoms with Crippen LogP contribution in [0.25, 0.3) is 6.08 Å². The molecule has 5 aliphatic carbocycles. The van der Waals surface area contributed by atoms with Crippen molar-refractivity contribution >= 4 is 17.8 Å². The van der Waals surface area contributed by atoms with Crippen molar-refractivity contribution in [2.75, 3.05) is 21.3 Å². The topological polar surface area (TPSA) is 198 Å². The van der Waals surface area contributed by atoms with Gasteiger partial charge in [0, 0.05) is 52.6 Å². The van der Waals surface area contributed by atoms with Crippen molar-refractivity contribution in [2.24, 2.45) is 22.7 Å². The molecule has 2 heterocycles. The molecule has 15 heteroatoms. The third kappa shape index (κ3) is 8.83. The highest BCUT2D eigenvalue weighted by Crippen LogP contribution is 2.71. The zero-order valence-electron chi connectivity index (χ0n) is 40.8. The lowest BCUT2D eigenvalue weighted by atomic mass is 9.42. The Bertz CT molecular complexity index is 1980. The summed E-state index contributed by atoms with van der Waals surface area (Å²) in [6.07, 6.45) is 3.69. The van der Waals surface area contributed by atoms with Gasteiger partial charge in [0.05, 0.1) is 54.2 Å². The number of aliphatic hydroxyl groups is 4. The van der Waals surface area contributed by atoms with Gasteiger partial charge in [-0.3, -0.25) is 4.79 Å². The Morgan fingerprint density at radius 2 is 1.42 bits per heavy atom. The fraction of sp³-hybridized carbons (Fsp3) is 0.769. The first-order valence-corrected chi connectivity index (χ1v) is 24.6. The number of fused-ring (bicyclic) bond motifs is 5. The first-order valence-electron chi connectivity index (χ1n) is 24.6. The van der Waals surface area contributed by atoms with E-state index in [-0.39, 0.29) is 80.4 Å². The zero-order chi connectivity index (χ0) is 48.3. The number of benzene rings is 1. The van der Waals surface area contributed by atoms with Crippen molar-refractivity contribution in [3.63, 3.8) is 0 Å². The van der Waals surface area contributed by atoms with E-state index in [0.717, 1.165) is 17.6 Å². The number of hydrogen-bond donors (Lipinski definition) is 4. The van der Waals surface area contributed by atoms with Gasteiger partial charge in [-0.1, -0.05) is 55.8 Å². The normalized spacial score (nSPS) is 47.7. The minimum Gasteiger partial charge on any atom is -0.458 e. The molecule has 0 bridgehead atoms. The highest BCUT2D eigenvalue weighted by Gasteiger charge is 2.81. The predicted molar refractivity (Wildman–Crippen MR) is 244 cm³/mol. The van der Waals surface area contributed by atoms with Crippen LogP contribution in [-0.4, -0.2) is 150 Å². The number of esters is 1. The number of carbonyl (C=O) groups excluding carboxylic acids is 2. The van der Waals surface area contributed by atoms with Crippen molar-refractivity contribution in [2.45, 2.75) is 209 Å². The van der Waals surface area contributed by atoms with E-state index in [9.17, 15) is 30.0 Å². The maximum atomic E-state index is 13.6. The van der Waals surface area contributed by atoms with Crippen LogP contribution in [0.1, 0.15) is 118 Å². The quantitative estimate of drug-likeness (QED) is 0.112. The molecule has 6 fully saturated rings. The molecule has 374 valence electrons. The molecule has 2 aliphatic heterocycles. The highest BCUT2D eigenvalue weighted by molar-refractivity contribution is 5.88. The van der Waals surface area contributed by atoms with Crippen LogP contribution >= 0.6 is 0 Å². The first kappa shape index (κ1) is 50.7. The highest BCUT2D eigenvalue weighted by atomic mass is 16.7. The van der Waals surface area contributed by atoms with Crippen molar-refractivity contribution < 1.29 is 72.6 Å². The van der Waals surface area contributed by atoms with Crippen LogP contribution < -0.4 is 0 Å². The molecule has 7 aliphatic rings. The Kier molecular flexibility index (Phi) is 14.8. The Morgan fingerprint density at radius 3 is 2.10 bits per heavy atom. The van der Waals surface area contributed by atoms with E-state index in [1.165, 1.54) is 13.0 Å². The third-order valence-corrected chi connectivity index (χ3v) is 17.8. The Morgan fingerprint density at radius 1 is 0.761 bits per heavy atom. The summed E-state index contributed by atoms with van der Waals surface area (Å²) >= 11 is 0. The molecule has 2 saturated heterocycles. The molecule has 0 amide bonds. The number of hydrogen-bond acceptors (Lipinski definition) is 15. The smallest absolute Gasteiger partial charge is 0.331 e.